The van der Waals surface area contributed by atoms with E-state index in [0.29, 0.717) is 33.7 Å². The van der Waals surface area contributed by atoms with Crippen LogP contribution in [-0.2, 0) is 0 Å². The molecule has 0 atom stereocenters. The molecule has 0 saturated heterocycles. The molecular weight excluding hydrogens is 380 g/mol. The average Bonchev–Trinajstić information content (AvgIpc) is 3.24. The van der Waals surface area contributed by atoms with Gasteiger partial charge in [0.1, 0.15) is 0 Å². The first-order valence-corrected chi connectivity index (χ1v) is 9.06. The Balaban J connectivity index is 1.97. The molecule has 0 aliphatic rings. The maximum absolute atomic E-state index is 6.29. The second-order valence-electron chi connectivity index (χ2n) is 4.85. The number of nitrogens with one attached hydrogen (secondary N) is 1. The zero-order valence-corrected chi connectivity index (χ0v) is 15.9. The lowest BCUT2D eigenvalue weighted by molar-refractivity contribution is 0.311. The van der Waals surface area contributed by atoms with Crippen LogP contribution in [0.3, 0.4) is 0 Å². The molecular formula is C16H15ClN4O2S2. The number of hydrogen-bond acceptors (Lipinski definition) is 6. The van der Waals surface area contributed by atoms with Crippen LogP contribution in [0.1, 0.15) is 12.5 Å². The largest absolute Gasteiger partial charge is 0.493 e. The maximum atomic E-state index is 6.29. The van der Waals surface area contributed by atoms with Gasteiger partial charge in [-0.3, -0.25) is 0 Å². The molecule has 0 amide bonds. The van der Waals surface area contributed by atoms with Gasteiger partial charge in [-0.05, 0) is 48.3 Å². The minimum Gasteiger partial charge on any atom is -0.493 e. The van der Waals surface area contributed by atoms with Gasteiger partial charge in [0.15, 0.2) is 17.3 Å². The molecule has 0 saturated carbocycles. The van der Waals surface area contributed by atoms with Crippen LogP contribution in [-0.4, -0.2) is 34.8 Å². The second-order valence-corrected chi connectivity index (χ2v) is 6.59. The third-order valence-corrected chi connectivity index (χ3v) is 4.67. The van der Waals surface area contributed by atoms with Crippen LogP contribution < -0.4 is 9.47 Å². The lowest BCUT2D eigenvalue weighted by Crippen LogP contribution is -1.98. The van der Waals surface area contributed by atoms with E-state index in [1.54, 1.807) is 41.5 Å². The number of aromatic nitrogens is 3. The molecule has 3 rings (SSSR count). The third kappa shape index (κ3) is 3.76. The summed E-state index contributed by atoms with van der Waals surface area (Å²) >= 11 is 13.1. The molecule has 0 fully saturated rings. The van der Waals surface area contributed by atoms with Crippen molar-refractivity contribution >= 4 is 41.4 Å². The zero-order valence-electron chi connectivity index (χ0n) is 13.5. The summed E-state index contributed by atoms with van der Waals surface area (Å²) in [6.07, 6.45) is 1.65. The zero-order chi connectivity index (χ0) is 17.8. The Hall–Kier alpha value is -2.16. The van der Waals surface area contributed by atoms with Gasteiger partial charge in [0.25, 0.3) is 0 Å². The van der Waals surface area contributed by atoms with Crippen LogP contribution in [0.4, 0.5) is 0 Å². The number of halogens is 1. The molecule has 0 aliphatic heterocycles. The molecule has 0 aliphatic carbocycles. The highest BCUT2D eigenvalue weighted by Gasteiger charge is 2.12. The summed E-state index contributed by atoms with van der Waals surface area (Å²) in [6, 6.07) is 7.46. The summed E-state index contributed by atoms with van der Waals surface area (Å²) in [5.41, 5.74) is 0.755. The molecule has 25 heavy (non-hydrogen) atoms. The number of H-pyrrole nitrogens is 1. The van der Waals surface area contributed by atoms with E-state index in [2.05, 4.69) is 15.3 Å². The van der Waals surface area contributed by atoms with E-state index in [1.165, 1.54) is 0 Å². The minimum absolute atomic E-state index is 0.406. The van der Waals surface area contributed by atoms with Crippen molar-refractivity contribution in [2.24, 2.45) is 5.10 Å². The van der Waals surface area contributed by atoms with Gasteiger partial charge < -0.3 is 9.47 Å². The number of hydrogen-bond donors (Lipinski definition) is 1. The second kappa shape index (κ2) is 7.81. The molecule has 3 aromatic rings. The van der Waals surface area contributed by atoms with E-state index in [0.717, 1.165) is 10.4 Å². The van der Waals surface area contributed by atoms with E-state index in [4.69, 9.17) is 33.3 Å². The van der Waals surface area contributed by atoms with Gasteiger partial charge in [0.05, 0.1) is 29.8 Å². The van der Waals surface area contributed by atoms with Crippen molar-refractivity contribution in [1.29, 1.82) is 0 Å². The van der Waals surface area contributed by atoms with Crippen LogP contribution in [0, 0.1) is 4.77 Å². The summed E-state index contributed by atoms with van der Waals surface area (Å²) in [5.74, 6) is 1.72. The molecule has 1 N–H and O–H groups in total. The molecule has 2 aromatic heterocycles. The summed E-state index contributed by atoms with van der Waals surface area (Å²) in [5, 5.41) is 13.8. The lowest BCUT2D eigenvalue weighted by Gasteiger charge is -2.11. The van der Waals surface area contributed by atoms with E-state index in [-0.39, 0.29) is 0 Å². The highest BCUT2D eigenvalue weighted by molar-refractivity contribution is 7.71. The molecule has 2 heterocycles. The van der Waals surface area contributed by atoms with Crippen molar-refractivity contribution < 1.29 is 9.47 Å². The first-order chi connectivity index (χ1) is 12.1. The standard InChI is InChI=1S/C16H15ClN4O2S2/c1-3-23-14-11(17)7-10(8-12(14)22-2)9-18-21-15(19-20-16(21)24)13-5-4-6-25-13/h4-9H,3H2,1-2H3,(H,20,24)/b18-9-. The number of ether oxygens (including phenoxy) is 2. The van der Waals surface area contributed by atoms with Crippen molar-refractivity contribution in [3.05, 3.63) is 45.0 Å². The Morgan fingerprint density at radius 3 is 3.00 bits per heavy atom. The van der Waals surface area contributed by atoms with Crippen LogP contribution in [0.25, 0.3) is 10.7 Å². The lowest BCUT2D eigenvalue weighted by atomic mass is 10.2. The van der Waals surface area contributed by atoms with Crippen LogP contribution in [0.5, 0.6) is 11.5 Å². The molecule has 0 spiro atoms. The Kier molecular flexibility index (Phi) is 5.52. The fraction of sp³-hybridized carbons (Fsp3) is 0.188. The number of thiophene rings is 1. The fourth-order valence-electron chi connectivity index (χ4n) is 2.19. The fourth-order valence-corrected chi connectivity index (χ4v) is 3.34. The molecule has 6 nitrogen and oxygen atoms in total. The number of rotatable bonds is 6. The Morgan fingerprint density at radius 1 is 1.48 bits per heavy atom. The normalized spacial score (nSPS) is 11.2. The minimum atomic E-state index is 0.406. The van der Waals surface area contributed by atoms with E-state index in [9.17, 15) is 0 Å². The van der Waals surface area contributed by atoms with Gasteiger partial charge in [-0.25, -0.2) is 5.10 Å². The third-order valence-electron chi connectivity index (χ3n) is 3.25. The average molecular weight is 395 g/mol. The SMILES string of the molecule is CCOc1c(Cl)cc(/C=N\n2c(-c3cccs3)n[nH]c2=S)cc1OC. The number of benzene rings is 1. The van der Waals surface area contributed by atoms with E-state index in [1.807, 2.05) is 24.4 Å². The highest BCUT2D eigenvalue weighted by Crippen LogP contribution is 2.36. The maximum Gasteiger partial charge on any atom is 0.216 e. The first kappa shape index (κ1) is 17.7. The molecule has 1 aromatic carbocycles. The van der Waals surface area contributed by atoms with Crippen molar-refractivity contribution in [3.8, 4) is 22.2 Å². The van der Waals surface area contributed by atoms with Gasteiger partial charge in [0.2, 0.25) is 4.77 Å². The van der Waals surface area contributed by atoms with Crippen LogP contribution in [0.2, 0.25) is 5.02 Å². The summed E-state index contributed by atoms with van der Waals surface area (Å²) in [7, 11) is 1.57. The summed E-state index contributed by atoms with van der Waals surface area (Å²) in [4.78, 5) is 0.965. The van der Waals surface area contributed by atoms with Crippen molar-refractivity contribution in [3.63, 3.8) is 0 Å². The van der Waals surface area contributed by atoms with E-state index < -0.39 is 0 Å². The number of nitrogens with zero attached hydrogens (tertiary/aromatic N) is 3. The molecule has 0 unspecified atom stereocenters. The highest BCUT2D eigenvalue weighted by atomic mass is 35.5. The first-order valence-electron chi connectivity index (χ1n) is 7.40. The van der Waals surface area contributed by atoms with Crippen LogP contribution in [0.15, 0.2) is 34.7 Å². The van der Waals surface area contributed by atoms with Crippen molar-refractivity contribution in [2.45, 2.75) is 6.92 Å². The Morgan fingerprint density at radius 2 is 2.32 bits per heavy atom. The van der Waals surface area contributed by atoms with Gasteiger partial charge in [-0.15, -0.1) is 11.3 Å². The predicted octanol–water partition coefficient (Wildman–Crippen LogP) is 4.61. The quantitative estimate of drug-likeness (QED) is 0.489. The predicted molar refractivity (Wildman–Crippen MR) is 103 cm³/mol. The number of methoxy groups -OCH3 is 1. The molecule has 9 heteroatoms. The summed E-state index contributed by atoms with van der Waals surface area (Å²) in [6.45, 7) is 2.38. The summed E-state index contributed by atoms with van der Waals surface area (Å²) < 4.78 is 12.8. The molecule has 130 valence electrons. The molecule has 0 radical (unpaired) electrons. The molecule has 0 bridgehead atoms. The van der Waals surface area contributed by atoms with E-state index >= 15 is 0 Å². The van der Waals surface area contributed by atoms with Gasteiger partial charge in [-0.2, -0.15) is 14.9 Å². The Bertz CT molecular complexity index is 948. The van der Waals surface area contributed by atoms with Crippen LogP contribution >= 0.6 is 35.2 Å². The van der Waals surface area contributed by atoms with Gasteiger partial charge in [-0.1, -0.05) is 17.7 Å². The number of aromatic amines is 1. The van der Waals surface area contributed by atoms with Crippen molar-refractivity contribution in [2.75, 3.05) is 13.7 Å². The smallest absolute Gasteiger partial charge is 0.216 e. The van der Waals surface area contributed by atoms with Crippen molar-refractivity contribution in [1.82, 2.24) is 14.9 Å². The Labute approximate surface area is 158 Å². The van der Waals surface area contributed by atoms with Gasteiger partial charge in [0, 0.05) is 0 Å². The monoisotopic (exact) mass is 394 g/mol. The van der Waals surface area contributed by atoms with Gasteiger partial charge >= 0.3 is 0 Å². The topological polar surface area (TPSA) is 64.4 Å².